The minimum atomic E-state index is 0.990. The van der Waals surface area contributed by atoms with Gasteiger partial charge in [-0.25, -0.2) is 4.98 Å². The monoisotopic (exact) mass is 247 g/mol. The Balaban J connectivity index is 1.61. The van der Waals surface area contributed by atoms with Crippen molar-refractivity contribution in [1.29, 1.82) is 0 Å². The summed E-state index contributed by atoms with van der Waals surface area (Å²) in [6.07, 6.45) is 5.77. The molecule has 2 aromatic rings. The first-order valence-electron chi connectivity index (χ1n) is 5.85. The van der Waals surface area contributed by atoms with Gasteiger partial charge in [0.25, 0.3) is 0 Å². The standard InChI is InChI=1S/C13H17N3S/c1-11-16-13(10-17-11)5-8-14-7-4-12-3-2-6-15-9-12/h2-3,6,9-10,14H,4-5,7-8H2,1H3. The number of hydrogen-bond acceptors (Lipinski definition) is 4. The molecule has 2 aromatic heterocycles. The molecular weight excluding hydrogens is 230 g/mol. The second kappa shape index (κ2) is 6.47. The first kappa shape index (κ1) is 12.2. The number of thiazole rings is 1. The Labute approximate surface area is 106 Å². The van der Waals surface area contributed by atoms with E-state index in [1.54, 1.807) is 11.3 Å². The molecule has 1 N–H and O–H groups in total. The summed E-state index contributed by atoms with van der Waals surface area (Å²) in [5.41, 5.74) is 2.48. The molecule has 0 aliphatic carbocycles. The quantitative estimate of drug-likeness (QED) is 0.795. The summed E-state index contributed by atoms with van der Waals surface area (Å²) in [5.74, 6) is 0. The third kappa shape index (κ3) is 4.24. The smallest absolute Gasteiger partial charge is 0.0897 e. The fraction of sp³-hybridized carbons (Fsp3) is 0.385. The molecule has 4 heteroatoms. The predicted octanol–water partition coefficient (Wildman–Crippen LogP) is 2.22. The molecule has 0 bridgehead atoms. The van der Waals surface area contributed by atoms with Gasteiger partial charge < -0.3 is 5.32 Å². The molecule has 0 saturated heterocycles. The first-order valence-corrected chi connectivity index (χ1v) is 6.73. The lowest BCUT2D eigenvalue weighted by Gasteiger charge is -2.03. The van der Waals surface area contributed by atoms with Crippen LogP contribution in [0.15, 0.2) is 29.9 Å². The molecule has 0 aromatic carbocycles. The van der Waals surface area contributed by atoms with Crippen LogP contribution in [0.3, 0.4) is 0 Å². The van der Waals surface area contributed by atoms with E-state index in [0.717, 1.165) is 30.9 Å². The average Bonchev–Trinajstić information content (AvgIpc) is 2.76. The average molecular weight is 247 g/mol. The van der Waals surface area contributed by atoms with Gasteiger partial charge in [-0.3, -0.25) is 4.98 Å². The summed E-state index contributed by atoms with van der Waals surface area (Å²) in [6.45, 7) is 4.03. The van der Waals surface area contributed by atoms with Crippen LogP contribution in [0.25, 0.3) is 0 Å². The SMILES string of the molecule is Cc1nc(CCNCCc2cccnc2)cs1. The largest absolute Gasteiger partial charge is 0.316 e. The Morgan fingerprint density at radius 1 is 1.29 bits per heavy atom. The maximum absolute atomic E-state index is 4.44. The van der Waals surface area contributed by atoms with Crippen molar-refractivity contribution in [2.24, 2.45) is 0 Å². The molecule has 17 heavy (non-hydrogen) atoms. The van der Waals surface area contributed by atoms with Crippen LogP contribution in [0.1, 0.15) is 16.3 Å². The van der Waals surface area contributed by atoms with Crippen LogP contribution in [-0.4, -0.2) is 23.1 Å². The van der Waals surface area contributed by atoms with Crippen molar-refractivity contribution < 1.29 is 0 Å². The van der Waals surface area contributed by atoms with E-state index in [-0.39, 0.29) is 0 Å². The first-order chi connectivity index (χ1) is 8.34. The number of aryl methyl sites for hydroxylation is 1. The van der Waals surface area contributed by atoms with E-state index >= 15 is 0 Å². The van der Waals surface area contributed by atoms with E-state index in [9.17, 15) is 0 Å². The van der Waals surface area contributed by atoms with Gasteiger partial charge in [0.05, 0.1) is 10.7 Å². The van der Waals surface area contributed by atoms with Crippen molar-refractivity contribution in [2.45, 2.75) is 19.8 Å². The molecule has 0 aliphatic heterocycles. The second-order valence-electron chi connectivity index (χ2n) is 3.97. The molecule has 0 spiro atoms. The normalized spacial score (nSPS) is 10.6. The third-order valence-corrected chi connectivity index (χ3v) is 3.36. The van der Waals surface area contributed by atoms with Gasteiger partial charge in [-0.1, -0.05) is 6.07 Å². The van der Waals surface area contributed by atoms with Crippen LogP contribution in [0.5, 0.6) is 0 Å². The molecule has 0 amide bonds. The van der Waals surface area contributed by atoms with E-state index in [0.29, 0.717) is 0 Å². The van der Waals surface area contributed by atoms with Crippen molar-refractivity contribution in [1.82, 2.24) is 15.3 Å². The molecule has 2 heterocycles. The summed E-state index contributed by atoms with van der Waals surface area (Å²) in [4.78, 5) is 8.53. The van der Waals surface area contributed by atoms with Crippen LogP contribution >= 0.6 is 11.3 Å². The maximum atomic E-state index is 4.44. The zero-order valence-corrected chi connectivity index (χ0v) is 10.8. The van der Waals surface area contributed by atoms with Crippen LogP contribution < -0.4 is 5.32 Å². The maximum Gasteiger partial charge on any atom is 0.0897 e. The predicted molar refractivity (Wildman–Crippen MR) is 71.4 cm³/mol. The van der Waals surface area contributed by atoms with E-state index in [2.05, 4.69) is 26.7 Å². The number of nitrogens with zero attached hydrogens (tertiary/aromatic N) is 2. The van der Waals surface area contributed by atoms with Crippen molar-refractivity contribution in [3.8, 4) is 0 Å². The highest BCUT2D eigenvalue weighted by Crippen LogP contribution is 2.07. The molecule has 0 atom stereocenters. The molecule has 0 aliphatic rings. The fourth-order valence-corrected chi connectivity index (χ4v) is 2.29. The fourth-order valence-electron chi connectivity index (χ4n) is 1.64. The van der Waals surface area contributed by atoms with Gasteiger partial charge in [0.15, 0.2) is 0 Å². The molecular formula is C13H17N3S. The van der Waals surface area contributed by atoms with Gasteiger partial charge in [-0.05, 0) is 31.5 Å². The Hall–Kier alpha value is -1.26. The Morgan fingerprint density at radius 2 is 2.18 bits per heavy atom. The molecule has 2 rings (SSSR count). The highest BCUT2D eigenvalue weighted by atomic mass is 32.1. The summed E-state index contributed by atoms with van der Waals surface area (Å²) in [5, 5.41) is 6.71. The van der Waals surface area contributed by atoms with Gasteiger partial charge in [0.1, 0.15) is 0 Å². The summed E-state index contributed by atoms with van der Waals surface area (Å²) in [7, 11) is 0. The Morgan fingerprint density at radius 3 is 2.88 bits per heavy atom. The lowest BCUT2D eigenvalue weighted by atomic mass is 10.2. The van der Waals surface area contributed by atoms with E-state index < -0.39 is 0 Å². The van der Waals surface area contributed by atoms with Crippen LogP contribution in [0.4, 0.5) is 0 Å². The zero-order valence-electron chi connectivity index (χ0n) is 10.0. The minimum absolute atomic E-state index is 0.990. The molecule has 0 unspecified atom stereocenters. The van der Waals surface area contributed by atoms with Gasteiger partial charge in [0.2, 0.25) is 0 Å². The molecule has 90 valence electrons. The number of aromatic nitrogens is 2. The van der Waals surface area contributed by atoms with Gasteiger partial charge in [0, 0.05) is 30.7 Å². The van der Waals surface area contributed by atoms with Gasteiger partial charge in [-0.15, -0.1) is 11.3 Å². The Kier molecular flexibility index (Phi) is 4.64. The van der Waals surface area contributed by atoms with Gasteiger partial charge in [-0.2, -0.15) is 0 Å². The van der Waals surface area contributed by atoms with Gasteiger partial charge >= 0.3 is 0 Å². The summed E-state index contributed by atoms with van der Waals surface area (Å²) < 4.78 is 0. The zero-order chi connectivity index (χ0) is 11.9. The van der Waals surface area contributed by atoms with E-state index in [1.165, 1.54) is 11.3 Å². The van der Waals surface area contributed by atoms with Crippen LogP contribution in [0.2, 0.25) is 0 Å². The van der Waals surface area contributed by atoms with Crippen molar-refractivity contribution in [2.75, 3.05) is 13.1 Å². The third-order valence-electron chi connectivity index (χ3n) is 2.54. The van der Waals surface area contributed by atoms with E-state index in [1.807, 2.05) is 25.4 Å². The van der Waals surface area contributed by atoms with Crippen LogP contribution in [0, 0.1) is 6.92 Å². The molecule has 0 radical (unpaired) electrons. The summed E-state index contributed by atoms with van der Waals surface area (Å²) >= 11 is 1.72. The second-order valence-corrected chi connectivity index (χ2v) is 5.03. The lowest BCUT2D eigenvalue weighted by molar-refractivity contribution is 0.675. The summed E-state index contributed by atoms with van der Waals surface area (Å²) in [6, 6.07) is 4.09. The number of nitrogens with one attached hydrogen (secondary N) is 1. The molecule has 3 nitrogen and oxygen atoms in total. The molecule has 0 saturated carbocycles. The number of rotatable bonds is 6. The molecule has 0 fully saturated rings. The number of hydrogen-bond donors (Lipinski definition) is 1. The van der Waals surface area contributed by atoms with Crippen LogP contribution in [-0.2, 0) is 12.8 Å². The van der Waals surface area contributed by atoms with Crippen molar-refractivity contribution in [3.63, 3.8) is 0 Å². The Bertz CT molecular complexity index is 439. The highest BCUT2D eigenvalue weighted by molar-refractivity contribution is 7.09. The van der Waals surface area contributed by atoms with E-state index in [4.69, 9.17) is 0 Å². The topological polar surface area (TPSA) is 37.8 Å². The highest BCUT2D eigenvalue weighted by Gasteiger charge is 1.97. The minimum Gasteiger partial charge on any atom is -0.316 e. The van der Waals surface area contributed by atoms with Crippen molar-refractivity contribution >= 4 is 11.3 Å². The number of pyridine rings is 1. The van der Waals surface area contributed by atoms with Crippen molar-refractivity contribution in [3.05, 3.63) is 46.2 Å². The lowest BCUT2D eigenvalue weighted by Crippen LogP contribution is -2.20.